The number of hydrogen-bond acceptors (Lipinski definition) is 5. The Kier molecular flexibility index (Phi) is 4.90. The van der Waals surface area contributed by atoms with Crippen molar-refractivity contribution < 1.29 is 19.4 Å². The molecule has 0 aromatic heterocycles. The smallest absolute Gasteiger partial charge is 0.253 e. The molecule has 1 aromatic carbocycles. The maximum atomic E-state index is 12.3. The molecule has 6 heteroatoms. The van der Waals surface area contributed by atoms with Gasteiger partial charge in [-0.1, -0.05) is 0 Å². The van der Waals surface area contributed by atoms with Gasteiger partial charge in [0.1, 0.15) is 0 Å². The highest BCUT2D eigenvalue weighted by Crippen LogP contribution is 2.32. The lowest BCUT2D eigenvalue weighted by Crippen LogP contribution is -2.38. The minimum atomic E-state index is -0.246. The SMILES string of the molecule is COc1cc(N)c(C(=O)NC2CCC(O)CC2)cc1OC. The largest absolute Gasteiger partial charge is 0.493 e. The van der Waals surface area contributed by atoms with Crippen molar-refractivity contribution in [1.82, 2.24) is 5.32 Å². The molecule has 1 amide bonds. The van der Waals surface area contributed by atoms with Gasteiger partial charge in [-0.05, 0) is 31.7 Å². The minimum Gasteiger partial charge on any atom is -0.493 e. The van der Waals surface area contributed by atoms with Gasteiger partial charge in [-0.3, -0.25) is 4.79 Å². The normalized spacial score (nSPS) is 21.7. The van der Waals surface area contributed by atoms with E-state index in [2.05, 4.69) is 5.32 Å². The Bertz CT molecular complexity index is 511. The molecule has 0 aliphatic heterocycles. The fraction of sp³-hybridized carbons (Fsp3) is 0.533. The summed E-state index contributed by atoms with van der Waals surface area (Å²) >= 11 is 0. The van der Waals surface area contributed by atoms with Crippen LogP contribution >= 0.6 is 0 Å². The van der Waals surface area contributed by atoms with Gasteiger partial charge in [0.05, 0.1) is 25.9 Å². The Balaban J connectivity index is 2.11. The predicted molar refractivity (Wildman–Crippen MR) is 79.7 cm³/mol. The van der Waals surface area contributed by atoms with Crippen molar-refractivity contribution >= 4 is 11.6 Å². The lowest BCUT2D eigenvalue weighted by molar-refractivity contribution is 0.0868. The average Bonchev–Trinajstić information content (AvgIpc) is 2.49. The van der Waals surface area contributed by atoms with Gasteiger partial charge in [-0.25, -0.2) is 0 Å². The van der Waals surface area contributed by atoms with Crippen molar-refractivity contribution in [2.75, 3.05) is 20.0 Å². The van der Waals surface area contributed by atoms with Gasteiger partial charge >= 0.3 is 0 Å². The van der Waals surface area contributed by atoms with Crippen LogP contribution in [0.25, 0.3) is 0 Å². The summed E-state index contributed by atoms with van der Waals surface area (Å²) in [7, 11) is 3.03. The van der Waals surface area contributed by atoms with Gasteiger partial charge in [-0.15, -0.1) is 0 Å². The zero-order valence-corrected chi connectivity index (χ0v) is 12.4. The second-order valence-corrected chi connectivity index (χ2v) is 5.27. The molecule has 1 fully saturated rings. The van der Waals surface area contributed by atoms with Crippen LogP contribution in [0.3, 0.4) is 0 Å². The third-order valence-electron chi connectivity index (χ3n) is 3.83. The number of nitrogens with two attached hydrogens (primary N) is 1. The maximum Gasteiger partial charge on any atom is 0.253 e. The first-order valence-electron chi connectivity index (χ1n) is 7.05. The number of carbonyl (C=O) groups is 1. The van der Waals surface area contributed by atoms with Crippen molar-refractivity contribution in [2.45, 2.75) is 37.8 Å². The Morgan fingerprint density at radius 2 is 1.76 bits per heavy atom. The molecule has 0 radical (unpaired) electrons. The van der Waals surface area contributed by atoms with Crippen LogP contribution in [-0.4, -0.2) is 37.4 Å². The molecule has 0 heterocycles. The molecule has 1 aromatic rings. The van der Waals surface area contributed by atoms with Gasteiger partial charge in [0.25, 0.3) is 5.91 Å². The number of hydrogen-bond donors (Lipinski definition) is 3. The fourth-order valence-corrected chi connectivity index (χ4v) is 2.57. The van der Waals surface area contributed by atoms with Crippen LogP contribution in [0.1, 0.15) is 36.0 Å². The number of carbonyl (C=O) groups excluding carboxylic acids is 1. The minimum absolute atomic E-state index is 0.0772. The lowest BCUT2D eigenvalue weighted by atomic mass is 9.93. The quantitative estimate of drug-likeness (QED) is 0.728. The molecule has 21 heavy (non-hydrogen) atoms. The highest BCUT2D eigenvalue weighted by atomic mass is 16.5. The second kappa shape index (κ2) is 6.67. The highest BCUT2D eigenvalue weighted by molar-refractivity contribution is 6.00. The van der Waals surface area contributed by atoms with E-state index in [0.29, 0.717) is 35.6 Å². The molecule has 0 unspecified atom stereocenters. The summed E-state index contributed by atoms with van der Waals surface area (Å²) in [5.41, 5.74) is 6.63. The lowest BCUT2D eigenvalue weighted by Gasteiger charge is -2.26. The Hall–Kier alpha value is -1.95. The van der Waals surface area contributed by atoms with Crippen molar-refractivity contribution in [2.24, 2.45) is 0 Å². The van der Waals surface area contributed by atoms with E-state index in [-0.39, 0.29) is 18.1 Å². The first kappa shape index (κ1) is 15.4. The summed E-state index contributed by atoms with van der Waals surface area (Å²) < 4.78 is 10.3. The van der Waals surface area contributed by atoms with Gasteiger partial charge in [0.15, 0.2) is 11.5 Å². The number of rotatable bonds is 4. The van der Waals surface area contributed by atoms with E-state index >= 15 is 0 Å². The van der Waals surface area contributed by atoms with E-state index in [1.807, 2.05) is 0 Å². The van der Waals surface area contributed by atoms with Crippen LogP contribution in [0.5, 0.6) is 11.5 Å². The zero-order valence-electron chi connectivity index (χ0n) is 12.4. The van der Waals surface area contributed by atoms with E-state index in [1.54, 1.807) is 12.1 Å². The summed E-state index contributed by atoms with van der Waals surface area (Å²) in [5, 5.41) is 12.4. The molecule has 1 aliphatic rings. The summed E-state index contributed by atoms with van der Waals surface area (Å²) in [5.74, 6) is 0.734. The molecule has 4 N–H and O–H groups in total. The number of ether oxygens (including phenoxy) is 2. The molecular formula is C15H22N2O4. The zero-order chi connectivity index (χ0) is 15.4. The number of amides is 1. The molecule has 116 valence electrons. The first-order chi connectivity index (χ1) is 10.0. The Morgan fingerprint density at radius 1 is 1.19 bits per heavy atom. The Morgan fingerprint density at radius 3 is 2.33 bits per heavy atom. The number of benzene rings is 1. The number of aliphatic hydroxyl groups is 1. The number of aliphatic hydroxyl groups excluding tert-OH is 1. The van der Waals surface area contributed by atoms with E-state index < -0.39 is 0 Å². The summed E-state index contributed by atoms with van der Waals surface area (Å²) in [6, 6.07) is 3.24. The van der Waals surface area contributed by atoms with Crippen molar-refractivity contribution in [1.29, 1.82) is 0 Å². The monoisotopic (exact) mass is 294 g/mol. The third-order valence-corrected chi connectivity index (χ3v) is 3.83. The molecule has 0 spiro atoms. The topological polar surface area (TPSA) is 93.8 Å². The molecule has 1 aliphatic carbocycles. The maximum absolute atomic E-state index is 12.3. The van der Waals surface area contributed by atoms with Gasteiger partial charge in [-0.2, -0.15) is 0 Å². The van der Waals surface area contributed by atoms with Crippen LogP contribution in [0.15, 0.2) is 12.1 Å². The number of nitrogen functional groups attached to an aromatic ring is 1. The number of methoxy groups -OCH3 is 2. The van der Waals surface area contributed by atoms with E-state index in [0.717, 1.165) is 12.8 Å². The fourth-order valence-electron chi connectivity index (χ4n) is 2.57. The van der Waals surface area contributed by atoms with Crippen molar-refractivity contribution in [3.8, 4) is 11.5 Å². The third kappa shape index (κ3) is 3.58. The molecule has 1 saturated carbocycles. The standard InChI is InChI=1S/C15H22N2O4/c1-20-13-7-11(12(16)8-14(13)21-2)15(19)17-9-3-5-10(18)6-4-9/h7-10,18H,3-6,16H2,1-2H3,(H,17,19). The second-order valence-electron chi connectivity index (χ2n) is 5.27. The van der Waals surface area contributed by atoms with Crippen molar-refractivity contribution in [3.05, 3.63) is 17.7 Å². The van der Waals surface area contributed by atoms with E-state index in [9.17, 15) is 9.90 Å². The van der Waals surface area contributed by atoms with Gasteiger partial charge in [0.2, 0.25) is 0 Å². The van der Waals surface area contributed by atoms with E-state index in [4.69, 9.17) is 15.2 Å². The van der Waals surface area contributed by atoms with Gasteiger partial charge in [0, 0.05) is 17.8 Å². The Labute approximate surface area is 124 Å². The van der Waals surface area contributed by atoms with Gasteiger partial charge < -0.3 is 25.6 Å². The average molecular weight is 294 g/mol. The summed E-state index contributed by atoms with van der Waals surface area (Å²) in [4.78, 5) is 12.3. The molecule has 2 rings (SSSR count). The van der Waals surface area contributed by atoms with E-state index in [1.165, 1.54) is 14.2 Å². The molecule has 0 atom stereocenters. The van der Waals surface area contributed by atoms with Crippen molar-refractivity contribution in [3.63, 3.8) is 0 Å². The highest BCUT2D eigenvalue weighted by Gasteiger charge is 2.23. The van der Waals surface area contributed by atoms with Crippen LogP contribution in [-0.2, 0) is 0 Å². The molecule has 0 bridgehead atoms. The first-order valence-corrected chi connectivity index (χ1v) is 7.05. The summed E-state index contributed by atoms with van der Waals surface area (Å²) in [6.45, 7) is 0. The summed E-state index contributed by atoms with van der Waals surface area (Å²) in [6.07, 6.45) is 2.74. The molecule has 0 saturated heterocycles. The number of nitrogens with one attached hydrogen (secondary N) is 1. The molecular weight excluding hydrogens is 272 g/mol. The molecule has 6 nitrogen and oxygen atoms in total. The van der Waals surface area contributed by atoms with Crippen LogP contribution in [0.4, 0.5) is 5.69 Å². The van der Waals surface area contributed by atoms with Crippen LogP contribution in [0, 0.1) is 0 Å². The van der Waals surface area contributed by atoms with Crippen LogP contribution < -0.4 is 20.5 Å². The number of anilines is 1. The van der Waals surface area contributed by atoms with Crippen LogP contribution in [0.2, 0.25) is 0 Å². The predicted octanol–water partition coefficient (Wildman–Crippen LogP) is 1.32.